The van der Waals surface area contributed by atoms with Gasteiger partial charge in [-0.3, -0.25) is 4.79 Å². The third kappa shape index (κ3) is 3.58. The Morgan fingerprint density at radius 2 is 2.32 bits per heavy atom. The fraction of sp³-hybridized carbons (Fsp3) is 0.286. The molecule has 0 aliphatic rings. The van der Waals surface area contributed by atoms with Gasteiger partial charge in [0, 0.05) is 25.5 Å². The molecule has 0 spiro atoms. The fourth-order valence-electron chi connectivity index (χ4n) is 1.81. The lowest BCUT2D eigenvalue weighted by molar-refractivity contribution is 0.0950. The molecule has 0 unspecified atom stereocenters. The Morgan fingerprint density at radius 1 is 1.47 bits per heavy atom. The number of aromatic hydroxyl groups is 1. The molecule has 1 heterocycles. The molecule has 0 bridgehead atoms. The molecule has 100 valence electrons. The van der Waals surface area contributed by atoms with Crippen LogP contribution >= 0.6 is 0 Å². The van der Waals surface area contributed by atoms with Crippen LogP contribution in [0.25, 0.3) is 0 Å². The van der Waals surface area contributed by atoms with Gasteiger partial charge >= 0.3 is 0 Å². The highest BCUT2D eigenvalue weighted by atomic mass is 16.3. The van der Waals surface area contributed by atoms with Crippen LogP contribution < -0.4 is 5.32 Å². The maximum Gasteiger partial charge on any atom is 0.255 e. The van der Waals surface area contributed by atoms with Gasteiger partial charge in [0.15, 0.2) is 0 Å². The number of hydrogen-bond acceptors (Lipinski definition) is 3. The van der Waals surface area contributed by atoms with E-state index in [2.05, 4.69) is 10.3 Å². The van der Waals surface area contributed by atoms with Gasteiger partial charge in [0.2, 0.25) is 0 Å². The van der Waals surface area contributed by atoms with Crippen molar-refractivity contribution in [2.24, 2.45) is 0 Å². The molecule has 0 radical (unpaired) electrons. The van der Waals surface area contributed by atoms with Crippen molar-refractivity contribution in [2.75, 3.05) is 6.54 Å². The average Bonchev–Trinajstić information content (AvgIpc) is 2.90. The summed E-state index contributed by atoms with van der Waals surface area (Å²) in [7, 11) is 0. The Balaban J connectivity index is 1.82. The SMILES string of the molecule is Cc1ccc(O)c(C(=O)NCCCn2ccnc2)c1. The van der Waals surface area contributed by atoms with Crippen LogP contribution in [0.4, 0.5) is 0 Å². The maximum absolute atomic E-state index is 11.9. The first-order valence-corrected chi connectivity index (χ1v) is 6.20. The third-order valence-corrected chi connectivity index (χ3v) is 2.83. The summed E-state index contributed by atoms with van der Waals surface area (Å²) in [5, 5.41) is 12.4. The lowest BCUT2D eigenvalue weighted by Gasteiger charge is -2.08. The van der Waals surface area contributed by atoms with Gasteiger partial charge in [-0.05, 0) is 25.5 Å². The van der Waals surface area contributed by atoms with Crippen LogP contribution in [-0.4, -0.2) is 27.1 Å². The fourth-order valence-corrected chi connectivity index (χ4v) is 1.81. The Kier molecular flexibility index (Phi) is 4.18. The predicted molar refractivity (Wildman–Crippen MR) is 72.0 cm³/mol. The lowest BCUT2D eigenvalue weighted by atomic mass is 10.1. The number of phenols is 1. The number of rotatable bonds is 5. The van der Waals surface area contributed by atoms with Crippen molar-refractivity contribution >= 4 is 5.91 Å². The molecule has 5 heteroatoms. The van der Waals surface area contributed by atoms with Crippen molar-refractivity contribution in [3.8, 4) is 5.75 Å². The number of carbonyl (C=O) groups is 1. The Hall–Kier alpha value is -2.30. The molecular weight excluding hydrogens is 242 g/mol. The zero-order valence-electron chi connectivity index (χ0n) is 10.8. The first-order valence-electron chi connectivity index (χ1n) is 6.20. The van der Waals surface area contributed by atoms with Gasteiger partial charge in [0.25, 0.3) is 5.91 Å². The summed E-state index contributed by atoms with van der Waals surface area (Å²) >= 11 is 0. The summed E-state index contributed by atoms with van der Waals surface area (Å²) in [6.07, 6.45) is 6.17. The predicted octanol–water partition coefficient (Wildman–Crippen LogP) is 1.72. The van der Waals surface area contributed by atoms with Crippen LogP contribution in [0.1, 0.15) is 22.3 Å². The Labute approximate surface area is 111 Å². The molecule has 0 fully saturated rings. The third-order valence-electron chi connectivity index (χ3n) is 2.83. The Morgan fingerprint density at radius 3 is 3.05 bits per heavy atom. The van der Waals surface area contributed by atoms with E-state index in [0.717, 1.165) is 18.5 Å². The van der Waals surface area contributed by atoms with Gasteiger partial charge in [-0.1, -0.05) is 11.6 Å². The number of benzene rings is 1. The number of nitrogens with zero attached hydrogens (tertiary/aromatic N) is 2. The second-order valence-corrected chi connectivity index (χ2v) is 4.43. The molecule has 0 saturated carbocycles. The molecule has 0 saturated heterocycles. The lowest BCUT2D eigenvalue weighted by Crippen LogP contribution is -2.25. The number of amides is 1. The number of phenolic OH excluding ortho intramolecular Hbond substituents is 1. The Bertz CT molecular complexity index is 550. The van der Waals surface area contributed by atoms with Gasteiger partial charge in [-0.2, -0.15) is 0 Å². The van der Waals surface area contributed by atoms with Crippen LogP contribution in [0.3, 0.4) is 0 Å². The van der Waals surface area contributed by atoms with Gasteiger partial charge in [0.1, 0.15) is 5.75 Å². The smallest absolute Gasteiger partial charge is 0.255 e. The summed E-state index contributed by atoms with van der Waals surface area (Å²) in [6.45, 7) is 3.25. The van der Waals surface area contributed by atoms with E-state index in [-0.39, 0.29) is 11.7 Å². The molecule has 2 N–H and O–H groups in total. The molecule has 0 atom stereocenters. The topological polar surface area (TPSA) is 67.2 Å². The van der Waals surface area contributed by atoms with Gasteiger partial charge in [-0.15, -0.1) is 0 Å². The van der Waals surface area contributed by atoms with Crippen LogP contribution in [0.5, 0.6) is 5.75 Å². The second-order valence-electron chi connectivity index (χ2n) is 4.43. The summed E-state index contributed by atoms with van der Waals surface area (Å²) in [4.78, 5) is 15.8. The normalized spacial score (nSPS) is 10.4. The highest BCUT2D eigenvalue weighted by Crippen LogP contribution is 2.17. The van der Waals surface area contributed by atoms with E-state index >= 15 is 0 Å². The number of carbonyl (C=O) groups excluding carboxylic acids is 1. The van der Waals surface area contributed by atoms with E-state index in [9.17, 15) is 9.90 Å². The number of aryl methyl sites for hydroxylation is 2. The molecule has 0 aliphatic heterocycles. The average molecular weight is 259 g/mol. The molecule has 1 aromatic heterocycles. The molecule has 1 amide bonds. The monoisotopic (exact) mass is 259 g/mol. The molecular formula is C14H17N3O2. The van der Waals surface area contributed by atoms with E-state index in [1.807, 2.05) is 17.7 Å². The van der Waals surface area contributed by atoms with Gasteiger partial charge < -0.3 is 15.0 Å². The van der Waals surface area contributed by atoms with E-state index in [0.29, 0.717) is 12.1 Å². The molecule has 1 aromatic carbocycles. The van der Waals surface area contributed by atoms with E-state index < -0.39 is 0 Å². The number of nitrogens with one attached hydrogen (secondary N) is 1. The zero-order valence-corrected chi connectivity index (χ0v) is 10.8. The first kappa shape index (κ1) is 13.1. The van der Waals surface area contributed by atoms with Crippen molar-refractivity contribution in [3.05, 3.63) is 48.0 Å². The number of aromatic nitrogens is 2. The maximum atomic E-state index is 11.9. The van der Waals surface area contributed by atoms with Crippen LogP contribution in [0, 0.1) is 6.92 Å². The summed E-state index contributed by atoms with van der Waals surface area (Å²) in [6, 6.07) is 4.99. The van der Waals surface area contributed by atoms with Crippen LogP contribution in [0.2, 0.25) is 0 Å². The highest BCUT2D eigenvalue weighted by molar-refractivity contribution is 5.96. The van der Waals surface area contributed by atoms with Crippen molar-refractivity contribution < 1.29 is 9.90 Å². The molecule has 2 aromatic rings. The first-order chi connectivity index (χ1) is 9.16. The van der Waals surface area contributed by atoms with Crippen molar-refractivity contribution in [3.63, 3.8) is 0 Å². The van der Waals surface area contributed by atoms with Crippen LogP contribution in [-0.2, 0) is 6.54 Å². The minimum absolute atomic E-state index is 0.0118. The van der Waals surface area contributed by atoms with Crippen molar-refractivity contribution in [2.45, 2.75) is 19.9 Å². The van der Waals surface area contributed by atoms with E-state index in [1.165, 1.54) is 6.07 Å². The van der Waals surface area contributed by atoms with E-state index in [1.54, 1.807) is 24.7 Å². The second kappa shape index (κ2) is 6.04. The van der Waals surface area contributed by atoms with Gasteiger partial charge in [0.05, 0.1) is 11.9 Å². The van der Waals surface area contributed by atoms with Gasteiger partial charge in [-0.25, -0.2) is 4.98 Å². The van der Waals surface area contributed by atoms with Crippen molar-refractivity contribution in [1.82, 2.24) is 14.9 Å². The zero-order chi connectivity index (χ0) is 13.7. The standard InChI is InChI=1S/C14H17N3O2/c1-11-3-4-13(18)12(9-11)14(19)16-5-2-7-17-8-6-15-10-17/h3-4,6,8-10,18H,2,5,7H2,1H3,(H,16,19). The molecule has 5 nitrogen and oxygen atoms in total. The summed E-state index contributed by atoms with van der Waals surface area (Å²) in [5.74, 6) is -0.232. The number of hydrogen-bond donors (Lipinski definition) is 2. The summed E-state index contributed by atoms with van der Waals surface area (Å²) in [5.41, 5.74) is 1.27. The molecule has 2 rings (SSSR count). The largest absolute Gasteiger partial charge is 0.507 e. The molecule has 0 aliphatic carbocycles. The van der Waals surface area contributed by atoms with E-state index in [4.69, 9.17) is 0 Å². The highest BCUT2D eigenvalue weighted by Gasteiger charge is 2.10. The minimum atomic E-state index is -0.244. The van der Waals surface area contributed by atoms with Crippen molar-refractivity contribution in [1.29, 1.82) is 0 Å². The quantitative estimate of drug-likeness (QED) is 0.803. The minimum Gasteiger partial charge on any atom is -0.507 e. The molecule has 19 heavy (non-hydrogen) atoms. The summed E-state index contributed by atoms with van der Waals surface area (Å²) < 4.78 is 1.95. The number of imidazole rings is 1. The van der Waals surface area contributed by atoms with Crippen LogP contribution in [0.15, 0.2) is 36.9 Å².